The van der Waals surface area contributed by atoms with Gasteiger partial charge in [-0.2, -0.15) is 0 Å². The summed E-state index contributed by atoms with van der Waals surface area (Å²) in [4.78, 5) is 24.6. The zero-order valence-corrected chi connectivity index (χ0v) is 11.6. The summed E-state index contributed by atoms with van der Waals surface area (Å²) in [7, 11) is 1.35. The summed E-state index contributed by atoms with van der Waals surface area (Å²) >= 11 is 0. The minimum Gasteiger partial charge on any atom is -0.469 e. The second-order valence-corrected chi connectivity index (χ2v) is 4.81. The average molecular weight is 272 g/mol. The fraction of sp³-hybridized carbons (Fsp3) is 0.846. The van der Waals surface area contributed by atoms with E-state index in [2.05, 4.69) is 10.1 Å². The Morgan fingerprint density at radius 1 is 1.42 bits per heavy atom. The first-order valence-corrected chi connectivity index (χ1v) is 6.85. The van der Waals surface area contributed by atoms with Gasteiger partial charge in [-0.15, -0.1) is 0 Å². The largest absolute Gasteiger partial charge is 0.469 e. The SMILES string of the molecule is COC(=O)CCCNC(=O)CN(CCO)C1CCC1. The van der Waals surface area contributed by atoms with Gasteiger partial charge in [0.05, 0.1) is 20.3 Å². The van der Waals surface area contributed by atoms with Crippen LogP contribution in [0.2, 0.25) is 0 Å². The van der Waals surface area contributed by atoms with Crippen molar-refractivity contribution >= 4 is 11.9 Å². The van der Waals surface area contributed by atoms with Gasteiger partial charge >= 0.3 is 5.97 Å². The molecule has 6 nitrogen and oxygen atoms in total. The Labute approximate surface area is 114 Å². The summed E-state index contributed by atoms with van der Waals surface area (Å²) < 4.78 is 4.52. The van der Waals surface area contributed by atoms with Gasteiger partial charge in [-0.3, -0.25) is 14.5 Å². The molecule has 1 aliphatic carbocycles. The molecule has 1 saturated carbocycles. The maximum Gasteiger partial charge on any atom is 0.305 e. The maximum atomic E-state index is 11.7. The highest BCUT2D eigenvalue weighted by molar-refractivity contribution is 5.78. The van der Waals surface area contributed by atoms with Gasteiger partial charge in [-0.05, 0) is 19.3 Å². The third-order valence-electron chi connectivity index (χ3n) is 3.43. The molecule has 0 aromatic carbocycles. The van der Waals surface area contributed by atoms with Gasteiger partial charge < -0.3 is 15.2 Å². The number of ether oxygens (including phenoxy) is 1. The molecule has 1 rings (SSSR count). The molecule has 0 spiro atoms. The second kappa shape index (κ2) is 8.87. The monoisotopic (exact) mass is 272 g/mol. The van der Waals surface area contributed by atoms with E-state index in [0.717, 1.165) is 12.8 Å². The number of carbonyl (C=O) groups is 2. The number of aliphatic hydroxyl groups excluding tert-OH is 1. The first-order valence-electron chi connectivity index (χ1n) is 6.85. The summed E-state index contributed by atoms with van der Waals surface area (Å²) in [5.41, 5.74) is 0. The Morgan fingerprint density at radius 3 is 2.68 bits per heavy atom. The van der Waals surface area contributed by atoms with Crippen molar-refractivity contribution in [1.29, 1.82) is 0 Å². The lowest BCUT2D eigenvalue weighted by Crippen LogP contribution is -2.47. The standard InChI is InChI=1S/C13H24N2O4/c1-19-13(18)6-3-7-14-12(17)10-15(8-9-16)11-4-2-5-11/h11,16H,2-10H2,1H3,(H,14,17). The fourth-order valence-electron chi connectivity index (χ4n) is 2.07. The van der Waals surface area contributed by atoms with Crippen molar-refractivity contribution in [3.63, 3.8) is 0 Å². The zero-order valence-electron chi connectivity index (χ0n) is 11.6. The van der Waals surface area contributed by atoms with Crippen LogP contribution in [-0.2, 0) is 14.3 Å². The molecule has 110 valence electrons. The molecule has 1 fully saturated rings. The summed E-state index contributed by atoms with van der Waals surface area (Å²) in [5.74, 6) is -0.309. The van der Waals surface area contributed by atoms with Gasteiger partial charge in [0.2, 0.25) is 5.91 Å². The molecule has 1 amide bonds. The number of amides is 1. The zero-order chi connectivity index (χ0) is 14.1. The Balaban J connectivity index is 2.15. The number of methoxy groups -OCH3 is 1. The van der Waals surface area contributed by atoms with E-state index in [9.17, 15) is 9.59 Å². The lowest BCUT2D eigenvalue weighted by molar-refractivity contribution is -0.140. The summed E-state index contributed by atoms with van der Waals surface area (Å²) in [5, 5.41) is 11.8. The molecular formula is C13H24N2O4. The summed E-state index contributed by atoms with van der Waals surface area (Å²) in [6.45, 7) is 1.42. The summed E-state index contributed by atoms with van der Waals surface area (Å²) in [6.07, 6.45) is 4.32. The van der Waals surface area contributed by atoms with Crippen molar-refractivity contribution in [3.05, 3.63) is 0 Å². The lowest BCUT2D eigenvalue weighted by Gasteiger charge is -2.36. The van der Waals surface area contributed by atoms with Crippen LogP contribution >= 0.6 is 0 Å². The van der Waals surface area contributed by atoms with Crippen LogP contribution in [0, 0.1) is 0 Å². The van der Waals surface area contributed by atoms with Crippen LogP contribution in [0.3, 0.4) is 0 Å². The van der Waals surface area contributed by atoms with E-state index in [0.29, 0.717) is 38.5 Å². The predicted molar refractivity (Wildman–Crippen MR) is 70.6 cm³/mol. The van der Waals surface area contributed by atoms with Gasteiger partial charge in [0.1, 0.15) is 0 Å². The van der Waals surface area contributed by atoms with Crippen LogP contribution in [-0.4, -0.2) is 61.3 Å². The van der Waals surface area contributed by atoms with E-state index in [4.69, 9.17) is 5.11 Å². The molecule has 0 atom stereocenters. The van der Waals surface area contributed by atoms with Crippen molar-refractivity contribution in [2.24, 2.45) is 0 Å². The number of carbonyl (C=O) groups excluding carboxylic acids is 2. The van der Waals surface area contributed by atoms with Crippen LogP contribution in [0.15, 0.2) is 0 Å². The normalized spacial score (nSPS) is 15.1. The molecule has 0 heterocycles. The minimum atomic E-state index is -0.259. The smallest absolute Gasteiger partial charge is 0.305 e. The highest BCUT2D eigenvalue weighted by Crippen LogP contribution is 2.24. The number of hydrogen-bond acceptors (Lipinski definition) is 5. The average Bonchev–Trinajstić information content (AvgIpc) is 2.32. The molecule has 2 N–H and O–H groups in total. The number of esters is 1. The van der Waals surface area contributed by atoms with Crippen molar-refractivity contribution in [3.8, 4) is 0 Å². The van der Waals surface area contributed by atoms with Gasteiger partial charge in [0.25, 0.3) is 0 Å². The second-order valence-electron chi connectivity index (χ2n) is 4.81. The Morgan fingerprint density at radius 2 is 2.16 bits per heavy atom. The third kappa shape index (κ3) is 6.02. The molecule has 19 heavy (non-hydrogen) atoms. The van der Waals surface area contributed by atoms with Crippen LogP contribution in [0.5, 0.6) is 0 Å². The molecule has 1 aliphatic rings. The van der Waals surface area contributed by atoms with E-state index in [1.54, 1.807) is 0 Å². The molecule has 0 aromatic heterocycles. The number of nitrogens with zero attached hydrogens (tertiary/aromatic N) is 1. The van der Waals surface area contributed by atoms with E-state index in [1.165, 1.54) is 13.5 Å². The quantitative estimate of drug-likeness (QED) is 0.453. The van der Waals surface area contributed by atoms with E-state index in [1.807, 2.05) is 4.90 Å². The van der Waals surface area contributed by atoms with Gasteiger partial charge in [0, 0.05) is 25.6 Å². The number of nitrogens with one attached hydrogen (secondary N) is 1. The topological polar surface area (TPSA) is 78.9 Å². The van der Waals surface area contributed by atoms with E-state index >= 15 is 0 Å². The number of hydrogen-bond donors (Lipinski definition) is 2. The molecular weight excluding hydrogens is 248 g/mol. The predicted octanol–water partition coefficient (Wildman–Crippen LogP) is -0.0974. The molecule has 0 aliphatic heterocycles. The first kappa shape index (κ1) is 15.9. The number of rotatable bonds is 9. The third-order valence-corrected chi connectivity index (χ3v) is 3.43. The molecule has 6 heteroatoms. The fourth-order valence-corrected chi connectivity index (χ4v) is 2.07. The molecule has 0 bridgehead atoms. The van der Waals surface area contributed by atoms with Gasteiger partial charge in [-0.25, -0.2) is 0 Å². The van der Waals surface area contributed by atoms with Crippen molar-refractivity contribution in [2.45, 2.75) is 38.1 Å². The molecule has 0 aromatic rings. The molecule has 0 unspecified atom stereocenters. The lowest BCUT2D eigenvalue weighted by atomic mass is 9.91. The van der Waals surface area contributed by atoms with Crippen LogP contribution in [0.1, 0.15) is 32.1 Å². The Bertz CT molecular complexity index is 292. The maximum absolute atomic E-state index is 11.7. The highest BCUT2D eigenvalue weighted by atomic mass is 16.5. The van der Waals surface area contributed by atoms with Crippen molar-refractivity contribution < 1.29 is 19.4 Å². The van der Waals surface area contributed by atoms with E-state index < -0.39 is 0 Å². The van der Waals surface area contributed by atoms with Crippen LogP contribution < -0.4 is 5.32 Å². The first-order chi connectivity index (χ1) is 9.17. The number of aliphatic hydroxyl groups is 1. The van der Waals surface area contributed by atoms with Crippen molar-refractivity contribution in [1.82, 2.24) is 10.2 Å². The van der Waals surface area contributed by atoms with Crippen LogP contribution in [0.4, 0.5) is 0 Å². The van der Waals surface area contributed by atoms with Gasteiger partial charge in [0.15, 0.2) is 0 Å². The van der Waals surface area contributed by atoms with E-state index in [-0.39, 0.29) is 18.5 Å². The molecule has 0 saturated heterocycles. The highest BCUT2D eigenvalue weighted by Gasteiger charge is 2.25. The Kier molecular flexibility index (Phi) is 7.43. The van der Waals surface area contributed by atoms with Gasteiger partial charge in [-0.1, -0.05) is 6.42 Å². The minimum absolute atomic E-state index is 0.0507. The summed E-state index contributed by atoms with van der Waals surface area (Å²) in [6, 6.07) is 0.438. The van der Waals surface area contributed by atoms with Crippen LogP contribution in [0.25, 0.3) is 0 Å². The Hall–Kier alpha value is -1.14. The van der Waals surface area contributed by atoms with Crippen molar-refractivity contribution in [2.75, 3.05) is 33.4 Å². The molecule has 0 radical (unpaired) electrons.